The summed E-state index contributed by atoms with van der Waals surface area (Å²) in [6.45, 7) is 3.96. The molecule has 2 aromatic carbocycles. The van der Waals surface area contributed by atoms with E-state index in [1.807, 2.05) is 37.3 Å². The molecule has 0 fully saturated rings. The Hall–Kier alpha value is -2.61. The summed E-state index contributed by atoms with van der Waals surface area (Å²) >= 11 is 0. The summed E-state index contributed by atoms with van der Waals surface area (Å²) < 4.78 is 6.03. The Balaban J connectivity index is 1.92. The van der Waals surface area contributed by atoms with Gasteiger partial charge in [-0.25, -0.2) is 0 Å². The van der Waals surface area contributed by atoms with Crippen LogP contribution in [0.1, 0.15) is 38.4 Å². The second-order valence-electron chi connectivity index (χ2n) is 6.20. The van der Waals surface area contributed by atoms with Crippen LogP contribution in [-0.4, -0.2) is 5.78 Å². The largest absolute Gasteiger partial charge is 0.460 e. The zero-order valence-corrected chi connectivity index (χ0v) is 13.3. The van der Waals surface area contributed by atoms with Crippen LogP contribution in [0, 0.1) is 13.8 Å². The molecule has 1 heterocycles. The summed E-state index contributed by atoms with van der Waals surface area (Å²) in [7, 11) is 0. The van der Waals surface area contributed by atoms with E-state index in [9.17, 15) is 4.79 Å². The predicted octanol–water partition coefficient (Wildman–Crippen LogP) is 4.89. The fraction of sp³-hybridized carbons (Fsp3) is 0.190. The number of hydrogen-bond donors (Lipinski definition) is 0. The number of benzene rings is 2. The average molecular weight is 302 g/mol. The number of ketones is 1. The summed E-state index contributed by atoms with van der Waals surface area (Å²) in [6, 6.07) is 16.2. The Bertz CT molecular complexity index is 915. The van der Waals surface area contributed by atoms with E-state index in [-0.39, 0.29) is 5.78 Å². The van der Waals surface area contributed by atoms with Crippen LogP contribution in [0.2, 0.25) is 0 Å². The molecule has 1 aromatic heterocycles. The van der Waals surface area contributed by atoms with Crippen molar-refractivity contribution in [3.63, 3.8) is 0 Å². The maximum Gasteiger partial charge on any atom is 0.197 e. The average Bonchev–Trinajstić information content (AvgIpc) is 2.81. The Morgan fingerprint density at radius 1 is 0.957 bits per heavy atom. The van der Waals surface area contributed by atoms with Gasteiger partial charge in [-0.15, -0.1) is 0 Å². The van der Waals surface area contributed by atoms with Gasteiger partial charge in [0.25, 0.3) is 0 Å². The first-order valence-electron chi connectivity index (χ1n) is 7.97. The number of hydrogen-bond acceptors (Lipinski definition) is 2. The van der Waals surface area contributed by atoms with Crippen molar-refractivity contribution in [3.8, 4) is 11.3 Å². The minimum atomic E-state index is 0.0910. The van der Waals surface area contributed by atoms with Gasteiger partial charge in [0.1, 0.15) is 11.5 Å². The van der Waals surface area contributed by atoms with Crippen LogP contribution in [0.5, 0.6) is 0 Å². The van der Waals surface area contributed by atoms with E-state index in [0.717, 1.165) is 52.2 Å². The maximum absolute atomic E-state index is 13.0. The molecule has 0 bridgehead atoms. The molecule has 114 valence electrons. The first-order valence-corrected chi connectivity index (χ1v) is 7.97. The van der Waals surface area contributed by atoms with E-state index in [2.05, 4.69) is 25.1 Å². The Morgan fingerprint density at radius 2 is 1.78 bits per heavy atom. The van der Waals surface area contributed by atoms with Crippen LogP contribution in [0.25, 0.3) is 11.3 Å². The minimum Gasteiger partial charge on any atom is -0.460 e. The van der Waals surface area contributed by atoms with Gasteiger partial charge in [-0.05, 0) is 38.3 Å². The molecule has 2 heteroatoms. The van der Waals surface area contributed by atoms with Crippen LogP contribution in [0.15, 0.2) is 52.9 Å². The molecule has 0 unspecified atom stereocenters. The third-order valence-electron chi connectivity index (χ3n) is 4.60. The molecule has 0 aliphatic heterocycles. The van der Waals surface area contributed by atoms with E-state index in [4.69, 9.17) is 4.42 Å². The van der Waals surface area contributed by atoms with Gasteiger partial charge in [-0.3, -0.25) is 4.79 Å². The summed E-state index contributed by atoms with van der Waals surface area (Å²) in [4.78, 5) is 13.0. The zero-order valence-electron chi connectivity index (χ0n) is 13.3. The zero-order chi connectivity index (χ0) is 16.0. The highest BCUT2D eigenvalue weighted by Crippen LogP contribution is 2.36. The van der Waals surface area contributed by atoms with Gasteiger partial charge >= 0.3 is 0 Å². The van der Waals surface area contributed by atoms with Crippen molar-refractivity contribution in [3.05, 3.63) is 82.1 Å². The molecular formula is C21H18O2. The molecule has 0 radical (unpaired) electrons. The quantitative estimate of drug-likeness (QED) is 0.640. The number of fused-ring (bicyclic) bond motifs is 2. The van der Waals surface area contributed by atoms with Crippen LogP contribution in [-0.2, 0) is 12.8 Å². The van der Waals surface area contributed by atoms with Gasteiger partial charge in [0.2, 0.25) is 0 Å². The molecule has 3 aromatic rings. The maximum atomic E-state index is 13.0. The second kappa shape index (κ2) is 5.24. The first kappa shape index (κ1) is 14.0. The lowest BCUT2D eigenvalue weighted by atomic mass is 9.98. The minimum absolute atomic E-state index is 0.0910. The molecule has 2 nitrogen and oxygen atoms in total. The van der Waals surface area contributed by atoms with Crippen molar-refractivity contribution < 1.29 is 9.21 Å². The van der Waals surface area contributed by atoms with Gasteiger partial charge < -0.3 is 4.42 Å². The number of carbonyl (C=O) groups excluding carboxylic acids is 1. The summed E-state index contributed by atoms with van der Waals surface area (Å²) in [5.74, 6) is 1.66. The topological polar surface area (TPSA) is 30.2 Å². The molecule has 0 saturated heterocycles. The number of carbonyl (C=O) groups is 1. The summed E-state index contributed by atoms with van der Waals surface area (Å²) in [5.41, 5.74) is 5.98. The lowest BCUT2D eigenvalue weighted by Crippen LogP contribution is -2.04. The molecule has 0 N–H and O–H groups in total. The van der Waals surface area contributed by atoms with Gasteiger partial charge in [-0.1, -0.05) is 48.0 Å². The highest BCUT2D eigenvalue weighted by molar-refractivity contribution is 6.12. The first-order chi connectivity index (χ1) is 11.1. The second-order valence-corrected chi connectivity index (χ2v) is 6.20. The highest BCUT2D eigenvalue weighted by atomic mass is 16.3. The molecule has 23 heavy (non-hydrogen) atoms. The third kappa shape index (κ3) is 2.22. The fourth-order valence-electron chi connectivity index (χ4n) is 3.50. The van der Waals surface area contributed by atoms with Crippen LogP contribution >= 0.6 is 0 Å². The van der Waals surface area contributed by atoms with E-state index < -0.39 is 0 Å². The fourth-order valence-corrected chi connectivity index (χ4v) is 3.50. The summed E-state index contributed by atoms with van der Waals surface area (Å²) in [5, 5.41) is 0. The van der Waals surface area contributed by atoms with E-state index in [1.54, 1.807) is 0 Å². The highest BCUT2D eigenvalue weighted by Gasteiger charge is 2.28. The van der Waals surface area contributed by atoms with Crippen molar-refractivity contribution >= 4 is 5.78 Å². The molecule has 0 amide bonds. The Morgan fingerprint density at radius 3 is 2.61 bits per heavy atom. The molecule has 1 aliphatic rings. The molecule has 0 saturated carbocycles. The molecule has 4 rings (SSSR count). The normalized spacial score (nSPS) is 13.4. The van der Waals surface area contributed by atoms with E-state index in [1.165, 1.54) is 5.56 Å². The number of furan rings is 1. The number of aryl methyl sites for hydroxylation is 3. The standard InChI is InChI=1S/C21H18O2/c1-13-6-5-8-16(12-13)21-18-11-10-15-7-3-4-9-17(15)20(22)19(18)14(2)23-21/h3-9,12H,10-11H2,1-2H3. The van der Waals surface area contributed by atoms with Crippen molar-refractivity contribution in [2.24, 2.45) is 0 Å². The lowest BCUT2D eigenvalue weighted by molar-refractivity contribution is 0.103. The van der Waals surface area contributed by atoms with E-state index >= 15 is 0 Å². The number of rotatable bonds is 1. The van der Waals surface area contributed by atoms with Crippen LogP contribution in [0.3, 0.4) is 0 Å². The third-order valence-corrected chi connectivity index (χ3v) is 4.60. The van der Waals surface area contributed by atoms with Gasteiger partial charge in [-0.2, -0.15) is 0 Å². The van der Waals surface area contributed by atoms with Crippen molar-refractivity contribution in [1.29, 1.82) is 0 Å². The smallest absolute Gasteiger partial charge is 0.197 e. The summed E-state index contributed by atoms with van der Waals surface area (Å²) in [6.07, 6.45) is 1.70. The molecule has 0 atom stereocenters. The molecule has 0 spiro atoms. The van der Waals surface area contributed by atoms with Crippen LogP contribution < -0.4 is 0 Å². The SMILES string of the molecule is Cc1cccc(-c2oc(C)c3c2CCc2ccccc2C3=O)c1. The van der Waals surface area contributed by atoms with E-state index in [0.29, 0.717) is 0 Å². The molecule has 1 aliphatic carbocycles. The van der Waals surface area contributed by atoms with Crippen molar-refractivity contribution in [2.75, 3.05) is 0 Å². The van der Waals surface area contributed by atoms with Crippen LogP contribution in [0.4, 0.5) is 0 Å². The molecular weight excluding hydrogens is 284 g/mol. The van der Waals surface area contributed by atoms with Gasteiger partial charge in [0.05, 0.1) is 5.56 Å². The monoisotopic (exact) mass is 302 g/mol. The Kier molecular flexibility index (Phi) is 3.19. The predicted molar refractivity (Wildman–Crippen MR) is 90.9 cm³/mol. The van der Waals surface area contributed by atoms with Gasteiger partial charge in [0.15, 0.2) is 5.78 Å². The lowest BCUT2D eigenvalue weighted by Gasteiger charge is -2.04. The van der Waals surface area contributed by atoms with Gasteiger partial charge in [0, 0.05) is 16.7 Å². The Labute approximate surface area is 135 Å². The van der Waals surface area contributed by atoms with Crippen molar-refractivity contribution in [2.45, 2.75) is 26.7 Å². The van der Waals surface area contributed by atoms with Crippen molar-refractivity contribution in [1.82, 2.24) is 0 Å².